The van der Waals surface area contributed by atoms with Crippen LogP contribution in [0, 0.1) is 0 Å². The highest BCUT2D eigenvalue weighted by Gasteiger charge is 2.37. The number of carbonyl (C=O) groups is 2. The summed E-state index contributed by atoms with van der Waals surface area (Å²) in [4.78, 5) is 28.5. The number of nitrogens with zero attached hydrogens (tertiary/aromatic N) is 2. The third kappa shape index (κ3) is 5.06. The second-order valence-electron chi connectivity index (χ2n) is 8.70. The molecule has 1 aromatic rings. The van der Waals surface area contributed by atoms with Gasteiger partial charge in [-0.3, -0.25) is 14.5 Å². The van der Waals surface area contributed by atoms with E-state index in [-0.39, 0.29) is 16.9 Å². The fourth-order valence-corrected chi connectivity index (χ4v) is 4.03. The van der Waals surface area contributed by atoms with Crippen LogP contribution >= 0.6 is 0 Å². The van der Waals surface area contributed by atoms with Crippen LogP contribution in [0.4, 0.5) is 0 Å². The Bertz CT molecular complexity index is 647. The second kappa shape index (κ2) is 8.67. The lowest BCUT2D eigenvalue weighted by Crippen LogP contribution is -2.42. The summed E-state index contributed by atoms with van der Waals surface area (Å²) in [5.74, 6) is -0.346. The van der Waals surface area contributed by atoms with Crippen LogP contribution in [0.15, 0.2) is 24.3 Å². The van der Waals surface area contributed by atoms with Gasteiger partial charge < -0.3 is 9.33 Å². The van der Waals surface area contributed by atoms with Gasteiger partial charge in [-0.2, -0.15) is 0 Å². The van der Waals surface area contributed by atoms with Crippen molar-refractivity contribution in [3.8, 4) is 0 Å². The number of benzene rings is 1. The molecule has 0 spiro atoms. The van der Waals surface area contributed by atoms with Crippen LogP contribution in [-0.2, 0) is 4.43 Å². The molecule has 6 heteroatoms. The highest BCUT2D eigenvalue weighted by Crippen LogP contribution is 2.36. The van der Waals surface area contributed by atoms with Crippen molar-refractivity contribution in [3.05, 3.63) is 35.4 Å². The smallest absolute Gasteiger partial charge is 0.261 e. The molecule has 0 bridgehead atoms. The fourth-order valence-electron chi connectivity index (χ4n) is 2.94. The first kappa shape index (κ1) is 21.8. The van der Waals surface area contributed by atoms with Gasteiger partial charge in [0.05, 0.1) is 11.1 Å². The fraction of sp³-hybridized carbons (Fsp3) is 0.619. The maximum atomic E-state index is 12.4. The van der Waals surface area contributed by atoms with E-state index < -0.39 is 8.32 Å². The topological polar surface area (TPSA) is 49.9 Å². The lowest BCUT2D eigenvalue weighted by Gasteiger charge is -2.36. The zero-order chi connectivity index (χ0) is 20.2. The molecule has 150 valence electrons. The molecule has 27 heavy (non-hydrogen) atoms. The first-order chi connectivity index (χ1) is 12.6. The van der Waals surface area contributed by atoms with Crippen LogP contribution in [0.2, 0.25) is 18.1 Å². The van der Waals surface area contributed by atoms with Crippen molar-refractivity contribution >= 4 is 20.1 Å². The summed E-state index contributed by atoms with van der Waals surface area (Å²) in [5.41, 5.74) is 1.04. The Labute approximate surface area is 164 Å². The molecule has 1 aliphatic heterocycles. The van der Waals surface area contributed by atoms with Crippen LogP contribution in [0.5, 0.6) is 0 Å². The van der Waals surface area contributed by atoms with Gasteiger partial charge in [-0.25, -0.2) is 0 Å². The van der Waals surface area contributed by atoms with Crippen molar-refractivity contribution in [1.82, 2.24) is 9.80 Å². The molecule has 0 aliphatic carbocycles. The number of rotatable bonds is 9. The van der Waals surface area contributed by atoms with Crippen LogP contribution < -0.4 is 0 Å². The molecular weight excluding hydrogens is 356 g/mol. The number of amides is 2. The van der Waals surface area contributed by atoms with E-state index >= 15 is 0 Å². The van der Waals surface area contributed by atoms with E-state index in [0.29, 0.717) is 24.2 Å². The molecule has 1 aliphatic rings. The third-order valence-electron chi connectivity index (χ3n) is 5.85. The zero-order valence-electron chi connectivity index (χ0n) is 17.7. The molecule has 0 radical (unpaired) electrons. The molecular formula is C21H34N2O3Si. The molecule has 1 heterocycles. The highest BCUT2D eigenvalue weighted by atomic mass is 28.4. The molecule has 0 aromatic heterocycles. The third-order valence-corrected chi connectivity index (χ3v) is 10.4. The predicted molar refractivity (Wildman–Crippen MR) is 112 cm³/mol. The van der Waals surface area contributed by atoms with Crippen LogP contribution in [0.1, 0.15) is 54.8 Å². The Balaban J connectivity index is 1.80. The molecule has 0 N–H and O–H groups in total. The van der Waals surface area contributed by atoms with Gasteiger partial charge in [0.1, 0.15) is 0 Å². The van der Waals surface area contributed by atoms with E-state index in [1.807, 2.05) is 0 Å². The largest absolute Gasteiger partial charge is 0.417 e. The van der Waals surface area contributed by atoms with Crippen LogP contribution in [0.25, 0.3) is 0 Å². The van der Waals surface area contributed by atoms with Crippen molar-refractivity contribution in [3.63, 3.8) is 0 Å². The monoisotopic (exact) mass is 390 g/mol. The first-order valence-electron chi connectivity index (χ1n) is 9.90. The minimum Gasteiger partial charge on any atom is -0.417 e. The summed E-state index contributed by atoms with van der Waals surface area (Å²) in [5, 5.41) is 0.225. The summed E-state index contributed by atoms with van der Waals surface area (Å²) in [6, 6.07) is 7.05. The number of fused-ring (bicyclic) bond motifs is 1. The number of imide groups is 1. The molecule has 2 amide bonds. The number of hydrogen-bond acceptors (Lipinski definition) is 4. The van der Waals surface area contributed by atoms with E-state index in [9.17, 15) is 9.59 Å². The number of carbonyl (C=O) groups excluding carboxylic acids is 2. The van der Waals surface area contributed by atoms with Gasteiger partial charge in [0, 0.05) is 26.2 Å². The predicted octanol–water partition coefficient (Wildman–Crippen LogP) is 4.02. The quantitative estimate of drug-likeness (QED) is 0.363. The summed E-state index contributed by atoms with van der Waals surface area (Å²) in [6.07, 6.45) is 0.961. The van der Waals surface area contributed by atoms with Crippen LogP contribution in [0.3, 0.4) is 0 Å². The maximum Gasteiger partial charge on any atom is 0.261 e. The van der Waals surface area contributed by atoms with Gasteiger partial charge in [0.2, 0.25) is 0 Å². The molecule has 0 saturated carbocycles. The van der Waals surface area contributed by atoms with Gasteiger partial charge in [0.25, 0.3) is 11.8 Å². The van der Waals surface area contributed by atoms with Gasteiger partial charge in [-0.05, 0) is 43.2 Å². The highest BCUT2D eigenvalue weighted by molar-refractivity contribution is 6.74. The Morgan fingerprint density at radius 2 is 1.59 bits per heavy atom. The standard InChI is InChI=1S/C21H34N2O3Si/c1-7-22(13-10-16-26-27(5,6)21(2,3)4)14-15-23-19(24)17-11-8-9-12-18(17)20(23)25/h8-9,11-12H,7,10,13-16H2,1-6H3. The van der Waals surface area contributed by atoms with Crippen molar-refractivity contribution in [2.24, 2.45) is 0 Å². The minimum absolute atomic E-state index is 0.173. The van der Waals surface area contributed by atoms with Gasteiger partial charge in [0.15, 0.2) is 8.32 Å². The van der Waals surface area contributed by atoms with Gasteiger partial charge in [-0.15, -0.1) is 0 Å². The average Bonchev–Trinajstić information content (AvgIpc) is 2.85. The van der Waals surface area contributed by atoms with E-state index in [1.165, 1.54) is 4.90 Å². The van der Waals surface area contributed by atoms with Crippen LogP contribution in [-0.4, -0.2) is 62.7 Å². The maximum absolute atomic E-state index is 12.4. The Morgan fingerprint density at radius 1 is 1.04 bits per heavy atom. The molecule has 0 atom stereocenters. The van der Waals surface area contributed by atoms with E-state index in [2.05, 4.69) is 45.7 Å². The normalized spacial score (nSPS) is 15.0. The lowest BCUT2D eigenvalue weighted by atomic mass is 10.1. The summed E-state index contributed by atoms with van der Waals surface area (Å²) >= 11 is 0. The summed E-state index contributed by atoms with van der Waals surface area (Å²) < 4.78 is 6.24. The van der Waals surface area contributed by atoms with Crippen molar-refractivity contribution in [2.45, 2.75) is 52.2 Å². The van der Waals surface area contributed by atoms with Crippen molar-refractivity contribution < 1.29 is 14.0 Å². The summed E-state index contributed by atoms with van der Waals surface area (Å²) in [6.45, 7) is 17.1. The Morgan fingerprint density at radius 3 is 2.07 bits per heavy atom. The second-order valence-corrected chi connectivity index (χ2v) is 13.5. The van der Waals surface area contributed by atoms with Gasteiger partial charge in [-0.1, -0.05) is 39.8 Å². The SMILES string of the molecule is CCN(CCCO[Si](C)(C)C(C)(C)C)CCN1C(=O)c2ccccc2C1=O. The Kier molecular flexibility index (Phi) is 7.00. The first-order valence-corrected chi connectivity index (χ1v) is 12.8. The molecule has 1 aromatic carbocycles. The number of likely N-dealkylation sites (N-methyl/N-ethyl adjacent to an activating group) is 1. The molecule has 5 nitrogen and oxygen atoms in total. The van der Waals surface area contributed by atoms with Crippen molar-refractivity contribution in [2.75, 3.05) is 32.8 Å². The molecule has 0 saturated heterocycles. The molecule has 0 fully saturated rings. The average molecular weight is 391 g/mol. The minimum atomic E-state index is -1.70. The summed E-state index contributed by atoms with van der Waals surface area (Å²) in [7, 11) is -1.70. The molecule has 2 rings (SSSR count). The zero-order valence-corrected chi connectivity index (χ0v) is 18.7. The van der Waals surface area contributed by atoms with E-state index in [4.69, 9.17) is 4.43 Å². The lowest BCUT2D eigenvalue weighted by molar-refractivity contribution is 0.0635. The van der Waals surface area contributed by atoms with E-state index in [0.717, 1.165) is 26.1 Å². The Hall–Kier alpha value is -1.50. The van der Waals surface area contributed by atoms with E-state index in [1.54, 1.807) is 24.3 Å². The van der Waals surface area contributed by atoms with Crippen molar-refractivity contribution in [1.29, 1.82) is 0 Å². The van der Waals surface area contributed by atoms with Gasteiger partial charge >= 0.3 is 0 Å². The molecule has 0 unspecified atom stereocenters. The number of hydrogen-bond donors (Lipinski definition) is 0.